The van der Waals surface area contributed by atoms with Crippen LogP contribution in [0.15, 0.2) is 28.7 Å². The largest absolute Gasteiger partial charge is 0.484 e. The summed E-state index contributed by atoms with van der Waals surface area (Å²) in [6, 6.07) is 9.87. The van der Waals surface area contributed by atoms with Crippen molar-refractivity contribution in [2.45, 2.75) is 39.6 Å². The fraction of sp³-hybridized carbons (Fsp3) is 0.444. The van der Waals surface area contributed by atoms with Crippen molar-refractivity contribution in [3.8, 4) is 11.8 Å². The highest BCUT2D eigenvalue weighted by Gasteiger charge is 2.28. The van der Waals surface area contributed by atoms with Crippen LogP contribution in [0.3, 0.4) is 0 Å². The zero-order valence-electron chi connectivity index (χ0n) is 14.2. The third-order valence-electron chi connectivity index (χ3n) is 3.82. The highest BCUT2D eigenvalue weighted by atomic mass is 16.5. The van der Waals surface area contributed by atoms with Gasteiger partial charge in [0.2, 0.25) is 17.5 Å². The van der Waals surface area contributed by atoms with Gasteiger partial charge in [0.05, 0.1) is 12.2 Å². The number of morpholine rings is 1. The second-order valence-electron chi connectivity index (χ2n) is 6.14. The zero-order valence-corrected chi connectivity index (χ0v) is 14.2. The summed E-state index contributed by atoms with van der Waals surface area (Å²) in [6.07, 6.45) is 0.162. The van der Waals surface area contributed by atoms with Crippen LogP contribution in [0, 0.1) is 18.3 Å². The van der Waals surface area contributed by atoms with Gasteiger partial charge >= 0.3 is 0 Å². The molecule has 1 aromatic heterocycles. The van der Waals surface area contributed by atoms with Gasteiger partial charge in [0.25, 0.3) is 0 Å². The Hall–Kier alpha value is -2.52. The Bertz CT molecular complexity index is 740. The molecule has 1 saturated heterocycles. The predicted molar refractivity (Wildman–Crippen MR) is 89.0 cm³/mol. The van der Waals surface area contributed by atoms with E-state index in [-0.39, 0.29) is 18.8 Å². The standard InChI is InChI=1S/C18H21N3O3/c1-12-5-4-6-15(7-12)22-11-17-20-16(8-19)18(24-17)21-9-13(2)23-14(3)10-21/h4-7,13-14H,9-11H2,1-3H3. The van der Waals surface area contributed by atoms with Gasteiger partial charge < -0.3 is 18.8 Å². The van der Waals surface area contributed by atoms with E-state index in [1.54, 1.807) is 0 Å². The molecule has 2 heterocycles. The van der Waals surface area contributed by atoms with E-state index in [2.05, 4.69) is 11.1 Å². The van der Waals surface area contributed by atoms with Gasteiger partial charge in [-0.25, -0.2) is 0 Å². The van der Waals surface area contributed by atoms with Gasteiger partial charge in [0, 0.05) is 13.1 Å². The van der Waals surface area contributed by atoms with Crippen molar-refractivity contribution in [3.63, 3.8) is 0 Å². The summed E-state index contributed by atoms with van der Waals surface area (Å²) >= 11 is 0. The lowest BCUT2D eigenvalue weighted by Crippen LogP contribution is -2.45. The zero-order chi connectivity index (χ0) is 17.1. The molecule has 0 amide bonds. The molecule has 0 radical (unpaired) electrons. The van der Waals surface area contributed by atoms with Crippen LogP contribution in [0.5, 0.6) is 5.75 Å². The highest BCUT2D eigenvalue weighted by molar-refractivity contribution is 5.48. The van der Waals surface area contributed by atoms with Crippen LogP contribution < -0.4 is 9.64 Å². The number of ether oxygens (including phenoxy) is 2. The minimum Gasteiger partial charge on any atom is -0.484 e. The SMILES string of the molecule is Cc1cccc(OCc2nc(C#N)c(N3CC(C)OC(C)C3)o2)c1. The van der Waals surface area contributed by atoms with E-state index in [1.807, 2.05) is 49.9 Å². The lowest BCUT2D eigenvalue weighted by Gasteiger charge is -2.34. The fourth-order valence-corrected chi connectivity index (χ4v) is 2.90. The Morgan fingerprint density at radius 1 is 1.33 bits per heavy atom. The van der Waals surface area contributed by atoms with Gasteiger partial charge in [0.15, 0.2) is 6.61 Å². The first kappa shape index (κ1) is 16.3. The normalized spacial score (nSPS) is 20.7. The Balaban J connectivity index is 1.74. The molecule has 1 aliphatic rings. The molecule has 126 valence electrons. The third kappa shape index (κ3) is 3.69. The number of anilines is 1. The van der Waals surface area contributed by atoms with Crippen LogP contribution >= 0.6 is 0 Å². The van der Waals surface area contributed by atoms with Gasteiger partial charge in [-0.05, 0) is 38.5 Å². The summed E-state index contributed by atoms with van der Waals surface area (Å²) < 4.78 is 17.2. The van der Waals surface area contributed by atoms with E-state index in [9.17, 15) is 5.26 Å². The Labute approximate surface area is 141 Å². The van der Waals surface area contributed by atoms with Gasteiger partial charge in [-0.15, -0.1) is 0 Å². The smallest absolute Gasteiger partial charge is 0.236 e. The molecule has 24 heavy (non-hydrogen) atoms. The van der Waals surface area contributed by atoms with Crippen molar-refractivity contribution < 1.29 is 13.9 Å². The number of oxazole rings is 1. The second-order valence-corrected chi connectivity index (χ2v) is 6.14. The molecule has 1 aliphatic heterocycles. The van der Waals surface area contributed by atoms with Gasteiger partial charge in [-0.3, -0.25) is 0 Å². The van der Waals surface area contributed by atoms with E-state index in [0.717, 1.165) is 11.3 Å². The summed E-state index contributed by atoms with van der Waals surface area (Å²) in [5.74, 6) is 1.65. The summed E-state index contributed by atoms with van der Waals surface area (Å²) in [7, 11) is 0. The topological polar surface area (TPSA) is 71.5 Å². The molecular weight excluding hydrogens is 306 g/mol. The molecule has 0 spiro atoms. The molecule has 2 aromatic rings. The van der Waals surface area contributed by atoms with E-state index < -0.39 is 0 Å². The van der Waals surface area contributed by atoms with Crippen LogP contribution in [0.2, 0.25) is 0 Å². The number of benzene rings is 1. The predicted octanol–water partition coefficient (Wildman–Crippen LogP) is 3.05. The van der Waals surface area contributed by atoms with Crippen molar-refractivity contribution >= 4 is 5.88 Å². The number of rotatable bonds is 4. The van der Waals surface area contributed by atoms with Crippen molar-refractivity contribution in [1.82, 2.24) is 4.98 Å². The average Bonchev–Trinajstić information content (AvgIpc) is 2.95. The minimum atomic E-state index is 0.0809. The molecule has 0 bridgehead atoms. The minimum absolute atomic E-state index is 0.0809. The quantitative estimate of drug-likeness (QED) is 0.859. The Kier molecular flexibility index (Phi) is 4.72. The maximum absolute atomic E-state index is 9.34. The lowest BCUT2D eigenvalue weighted by atomic mass is 10.2. The molecule has 6 heteroatoms. The van der Waals surface area contributed by atoms with Gasteiger partial charge in [-0.1, -0.05) is 12.1 Å². The summed E-state index contributed by atoms with van der Waals surface area (Å²) in [4.78, 5) is 6.27. The molecule has 2 unspecified atom stereocenters. The molecule has 3 rings (SSSR count). The van der Waals surface area contributed by atoms with Crippen molar-refractivity contribution in [1.29, 1.82) is 5.26 Å². The van der Waals surface area contributed by atoms with Crippen LogP contribution in [-0.4, -0.2) is 30.3 Å². The first-order chi connectivity index (χ1) is 11.5. The Morgan fingerprint density at radius 2 is 2.08 bits per heavy atom. The van der Waals surface area contributed by atoms with Crippen LogP contribution in [0.25, 0.3) is 0 Å². The monoisotopic (exact) mass is 327 g/mol. The first-order valence-corrected chi connectivity index (χ1v) is 8.05. The molecule has 6 nitrogen and oxygen atoms in total. The number of hydrogen-bond acceptors (Lipinski definition) is 6. The Morgan fingerprint density at radius 3 is 2.75 bits per heavy atom. The van der Waals surface area contributed by atoms with E-state index in [4.69, 9.17) is 13.9 Å². The average molecular weight is 327 g/mol. The van der Waals surface area contributed by atoms with E-state index in [1.165, 1.54) is 0 Å². The van der Waals surface area contributed by atoms with Crippen LogP contribution in [-0.2, 0) is 11.3 Å². The molecule has 0 N–H and O–H groups in total. The maximum atomic E-state index is 9.34. The molecule has 1 fully saturated rings. The summed E-state index contributed by atoms with van der Waals surface area (Å²) in [5.41, 5.74) is 1.41. The van der Waals surface area contributed by atoms with Crippen molar-refractivity contribution in [2.75, 3.05) is 18.0 Å². The molecule has 1 aromatic carbocycles. The lowest BCUT2D eigenvalue weighted by molar-refractivity contribution is -0.00651. The highest BCUT2D eigenvalue weighted by Crippen LogP contribution is 2.26. The van der Waals surface area contributed by atoms with Crippen molar-refractivity contribution in [3.05, 3.63) is 41.4 Å². The van der Waals surface area contributed by atoms with Crippen LogP contribution in [0.4, 0.5) is 5.88 Å². The summed E-state index contributed by atoms with van der Waals surface area (Å²) in [6.45, 7) is 7.55. The van der Waals surface area contributed by atoms with Gasteiger partial charge in [0.1, 0.15) is 11.8 Å². The molecule has 0 aliphatic carbocycles. The summed E-state index contributed by atoms with van der Waals surface area (Å²) in [5, 5.41) is 9.34. The number of nitriles is 1. The number of aromatic nitrogens is 1. The number of hydrogen-bond donors (Lipinski definition) is 0. The van der Waals surface area contributed by atoms with E-state index >= 15 is 0 Å². The van der Waals surface area contributed by atoms with Crippen molar-refractivity contribution in [2.24, 2.45) is 0 Å². The number of nitrogens with zero attached hydrogens (tertiary/aromatic N) is 3. The molecule has 2 atom stereocenters. The van der Waals surface area contributed by atoms with Gasteiger partial charge in [-0.2, -0.15) is 10.2 Å². The number of aryl methyl sites for hydroxylation is 1. The fourth-order valence-electron chi connectivity index (χ4n) is 2.90. The molecular formula is C18H21N3O3. The maximum Gasteiger partial charge on any atom is 0.236 e. The third-order valence-corrected chi connectivity index (χ3v) is 3.82. The van der Waals surface area contributed by atoms with Crippen LogP contribution in [0.1, 0.15) is 31.0 Å². The second kappa shape index (κ2) is 6.93. The van der Waals surface area contributed by atoms with E-state index in [0.29, 0.717) is 30.6 Å². The molecule has 0 saturated carbocycles. The first-order valence-electron chi connectivity index (χ1n) is 8.05.